The van der Waals surface area contributed by atoms with Crippen LogP contribution in [-0.4, -0.2) is 28.9 Å². The smallest absolute Gasteiger partial charge is 0.194 e. The van der Waals surface area contributed by atoms with Crippen LogP contribution in [0.5, 0.6) is 11.5 Å². The lowest BCUT2D eigenvalue weighted by Crippen LogP contribution is -2.00. The summed E-state index contributed by atoms with van der Waals surface area (Å²) in [6.07, 6.45) is 2.69. The maximum atomic E-state index is 11.8. The lowest BCUT2D eigenvalue weighted by molar-refractivity contribution is 0.111. The number of benzene rings is 2. The van der Waals surface area contributed by atoms with Gasteiger partial charge in [-0.25, -0.2) is 4.98 Å². The largest absolute Gasteiger partial charge is 0.493 e. The van der Waals surface area contributed by atoms with Gasteiger partial charge in [0, 0.05) is 22.7 Å². The Morgan fingerprint density at radius 3 is 2.39 bits per heavy atom. The van der Waals surface area contributed by atoms with Gasteiger partial charge in [-0.2, -0.15) is 0 Å². The second-order valence-corrected chi connectivity index (χ2v) is 6.97. The number of aromatic nitrogens is 2. The zero-order valence-electron chi connectivity index (χ0n) is 15.7. The van der Waals surface area contributed by atoms with Gasteiger partial charge in [0.2, 0.25) is 0 Å². The Morgan fingerprint density at radius 2 is 1.71 bits per heavy atom. The molecule has 5 nitrogen and oxygen atoms in total. The molecule has 4 aromatic rings. The van der Waals surface area contributed by atoms with Gasteiger partial charge in [0.1, 0.15) is 22.9 Å². The van der Waals surface area contributed by atoms with E-state index < -0.39 is 0 Å². The van der Waals surface area contributed by atoms with Crippen molar-refractivity contribution in [2.75, 3.05) is 13.2 Å². The van der Waals surface area contributed by atoms with E-state index >= 15 is 0 Å². The number of hydrogen-bond acceptors (Lipinski definition) is 5. The molecule has 0 fully saturated rings. The number of hydrogen-bond donors (Lipinski definition) is 0. The van der Waals surface area contributed by atoms with Gasteiger partial charge in [-0.1, -0.05) is 30.3 Å². The molecule has 2 aromatic carbocycles. The summed E-state index contributed by atoms with van der Waals surface area (Å²) in [6.45, 7) is 4.93. The molecule has 0 bridgehead atoms. The molecule has 2 aromatic heterocycles. The van der Waals surface area contributed by atoms with Gasteiger partial charge in [-0.15, -0.1) is 11.3 Å². The molecular weight excluding hydrogens is 372 g/mol. The van der Waals surface area contributed by atoms with E-state index in [1.54, 1.807) is 4.40 Å². The van der Waals surface area contributed by atoms with Crippen molar-refractivity contribution in [3.05, 3.63) is 59.7 Å². The van der Waals surface area contributed by atoms with Crippen LogP contribution in [0.3, 0.4) is 0 Å². The first-order valence-electron chi connectivity index (χ1n) is 9.17. The maximum absolute atomic E-state index is 11.8. The van der Waals surface area contributed by atoms with E-state index in [0.29, 0.717) is 30.4 Å². The second kappa shape index (κ2) is 7.86. The third-order valence-electron chi connectivity index (χ3n) is 4.43. The minimum absolute atomic E-state index is 0.507. The number of imidazole rings is 1. The fraction of sp³-hybridized carbons (Fsp3) is 0.182. The Bertz CT molecular complexity index is 1120. The molecule has 0 atom stereocenters. The van der Waals surface area contributed by atoms with Gasteiger partial charge >= 0.3 is 0 Å². The summed E-state index contributed by atoms with van der Waals surface area (Å²) >= 11 is 1.49. The maximum Gasteiger partial charge on any atom is 0.194 e. The van der Waals surface area contributed by atoms with E-state index in [4.69, 9.17) is 9.47 Å². The van der Waals surface area contributed by atoms with Gasteiger partial charge in [0.05, 0.1) is 13.2 Å². The highest BCUT2D eigenvalue weighted by Crippen LogP contribution is 2.42. The first kappa shape index (κ1) is 18.3. The van der Waals surface area contributed by atoms with E-state index in [0.717, 1.165) is 33.7 Å². The van der Waals surface area contributed by atoms with Gasteiger partial charge in [0.15, 0.2) is 11.2 Å². The standard InChI is InChI=1S/C22H20N2O3S/c1-3-26-19-13-17(21-18(14-25)24-10-11-28-22(24)23-21)20(27-4-2)12-16(19)15-8-6-5-7-9-15/h5-14H,3-4H2,1-2H3. The highest BCUT2D eigenvalue weighted by molar-refractivity contribution is 7.15. The molecule has 0 aliphatic carbocycles. The van der Waals surface area contributed by atoms with Crippen LogP contribution in [0.2, 0.25) is 0 Å². The molecule has 6 heteroatoms. The third kappa shape index (κ3) is 3.16. The summed E-state index contributed by atoms with van der Waals surface area (Å²) < 4.78 is 13.7. The van der Waals surface area contributed by atoms with E-state index in [9.17, 15) is 4.79 Å². The van der Waals surface area contributed by atoms with Crippen molar-refractivity contribution in [1.29, 1.82) is 0 Å². The second-order valence-electron chi connectivity index (χ2n) is 6.10. The summed E-state index contributed by atoms with van der Waals surface area (Å²) in [4.78, 5) is 17.3. The summed E-state index contributed by atoms with van der Waals surface area (Å²) in [6, 6.07) is 13.9. The van der Waals surface area contributed by atoms with Crippen molar-refractivity contribution in [2.45, 2.75) is 13.8 Å². The first-order chi connectivity index (χ1) is 13.8. The average molecular weight is 392 g/mol. The van der Waals surface area contributed by atoms with Crippen molar-refractivity contribution in [1.82, 2.24) is 9.38 Å². The Hall–Kier alpha value is -3.12. The fourth-order valence-corrected chi connectivity index (χ4v) is 3.97. The predicted molar refractivity (Wildman–Crippen MR) is 112 cm³/mol. The van der Waals surface area contributed by atoms with Crippen LogP contribution in [0.4, 0.5) is 0 Å². The molecule has 0 saturated heterocycles. The number of ether oxygens (including phenoxy) is 2. The average Bonchev–Trinajstić information content (AvgIpc) is 3.31. The molecule has 2 heterocycles. The van der Waals surface area contributed by atoms with Crippen LogP contribution >= 0.6 is 11.3 Å². The van der Waals surface area contributed by atoms with E-state index in [2.05, 4.69) is 4.98 Å². The van der Waals surface area contributed by atoms with Crippen LogP contribution in [-0.2, 0) is 0 Å². The minimum atomic E-state index is 0.507. The third-order valence-corrected chi connectivity index (χ3v) is 5.19. The Kier molecular flexibility index (Phi) is 5.12. The van der Waals surface area contributed by atoms with Gasteiger partial charge in [-0.05, 0) is 31.5 Å². The van der Waals surface area contributed by atoms with Crippen LogP contribution in [0.25, 0.3) is 27.3 Å². The van der Waals surface area contributed by atoms with Gasteiger partial charge in [0.25, 0.3) is 0 Å². The van der Waals surface area contributed by atoms with Gasteiger partial charge in [-0.3, -0.25) is 9.20 Å². The molecule has 142 valence electrons. The first-order valence-corrected chi connectivity index (χ1v) is 10.0. The highest BCUT2D eigenvalue weighted by atomic mass is 32.1. The van der Waals surface area contributed by atoms with Crippen LogP contribution in [0.1, 0.15) is 24.3 Å². The number of carbonyl (C=O) groups excluding carboxylic acids is 1. The van der Waals surface area contributed by atoms with Crippen molar-refractivity contribution in [3.63, 3.8) is 0 Å². The quantitative estimate of drug-likeness (QED) is 0.398. The van der Waals surface area contributed by atoms with Crippen molar-refractivity contribution < 1.29 is 14.3 Å². The monoisotopic (exact) mass is 392 g/mol. The Morgan fingerprint density at radius 1 is 1.04 bits per heavy atom. The van der Waals surface area contributed by atoms with Gasteiger partial charge < -0.3 is 9.47 Å². The zero-order valence-corrected chi connectivity index (χ0v) is 16.5. The summed E-state index contributed by atoms with van der Waals surface area (Å²) in [7, 11) is 0. The number of aldehydes is 1. The molecule has 0 aliphatic heterocycles. The molecule has 0 aliphatic rings. The topological polar surface area (TPSA) is 52.8 Å². The van der Waals surface area contributed by atoms with Crippen LogP contribution in [0.15, 0.2) is 54.0 Å². The molecule has 4 rings (SSSR count). The molecule has 0 radical (unpaired) electrons. The number of rotatable bonds is 7. The molecule has 0 N–H and O–H groups in total. The zero-order chi connectivity index (χ0) is 19.5. The lowest BCUT2D eigenvalue weighted by atomic mass is 9.99. The number of carbonyl (C=O) groups is 1. The van der Waals surface area contributed by atoms with Crippen molar-refractivity contribution >= 4 is 22.6 Å². The molecular formula is C22H20N2O3S. The molecule has 0 saturated carbocycles. The number of nitrogens with zero attached hydrogens (tertiary/aromatic N) is 2. The molecule has 0 amide bonds. The van der Waals surface area contributed by atoms with Crippen molar-refractivity contribution in [3.8, 4) is 33.9 Å². The van der Waals surface area contributed by atoms with E-state index in [1.807, 2.05) is 67.9 Å². The van der Waals surface area contributed by atoms with Crippen molar-refractivity contribution in [2.24, 2.45) is 0 Å². The number of fused-ring (bicyclic) bond motifs is 1. The Balaban J connectivity index is 1.96. The number of thiazole rings is 1. The van der Waals surface area contributed by atoms with Crippen LogP contribution < -0.4 is 9.47 Å². The summed E-state index contributed by atoms with van der Waals surface area (Å²) in [5.41, 5.74) is 3.85. The van der Waals surface area contributed by atoms with Crippen LogP contribution in [0, 0.1) is 0 Å². The normalized spacial score (nSPS) is 10.9. The fourth-order valence-electron chi connectivity index (χ4n) is 3.25. The Labute approximate surface area is 167 Å². The summed E-state index contributed by atoms with van der Waals surface area (Å²) in [5, 5.41) is 1.91. The SMILES string of the molecule is CCOc1cc(-c2nc3sccn3c2C=O)c(OCC)cc1-c1ccccc1. The predicted octanol–water partition coefficient (Wildman–Crippen LogP) is 5.34. The van der Waals surface area contributed by atoms with E-state index in [1.165, 1.54) is 11.3 Å². The highest BCUT2D eigenvalue weighted by Gasteiger charge is 2.21. The minimum Gasteiger partial charge on any atom is -0.493 e. The molecule has 0 spiro atoms. The van der Waals surface area contributed by atoms with E-state index in [-0.39, 0.29) is 0 Å². The molecule has 28 heavy (non-hydrogen) atoms. The lowest BCUT2D eigenvalue weighted by Gasteiger charge is -2.16. The molecule has 0 unspecified atom stereocenters. The summed E-state index contributed by atoms with van der Waals surface area (Å²) in [5.74, 6) is 1.42.